The van der Waals surface area contributed by atoms with E-state index in [4.69, 9.17) is 0 Å². The number of hydrogen-bond donors (Lipinski definition) is 1. The van der Waals surface area contributed by atoms with Gasteiger partial charge in [0.15, 0.2) is 0 Å². The number of hydrogen-bond acceptors (Lipinski definition) is 9. The number of rotatable bonds is 4. The molecule has 0 amide bonds. The SMILES string of the molecule is O=C1C(S(=O)(=O)[O-])=Cc2cc(S(=O)(=O)[O-])ccc2/C1=N/Nc1cccc2ccccc12.[Na+].[Na+]. The van der Waals surface area contributed by atoms with Crippen molar-refractivity contribution < 1.29 is 89.9 Å². The van der Waals surface area contributed by atoms with Gasteiger partial charge in [-0.25, -0.2) is 16.8 Å². The van der Waals surface area contributed by atoms with Gasteiger partial charge in [-0.1, -0.05) is 42.5 Å². The molecule has 1 N–H and O–H groups in total. The van der Waals surface area contributed by atoms with Gasteiger partial charge in [-0.2, -0.15) is 5.10 Å². The Morgan fingerprint density at radius 2 is 1.48 bits per heavy atom. The van der Waals surface area contributed by atoms with Crippen LogP contribution in [-0.4, -0.2) is 37.4 Å². The van der Waals surface area contributed by atoms with Crippen LogP contribution in [-0.2, 0) is 25.0 Å². The van der Waals surface area contributed by atoms with Crippen LogP contribution in [0.4, 0.5) is 5.69 Å². The van der Waals surface area contributed by atoms with Gasteiger partial charge in [0, 0.05) is 10.9 Å². The number of allylic oxidation sites excluding steroid dienone is 1. The van der Waals surface area contributed by atoms with E-state index in [1.165, 1.54) is 0 Å². The third kappa shape index (κ3) is 5.82. The normalized spacial score (nSPS) is 14.7. The van der Waals surface area contributed by atoms with Gasteiger partial charge in [-0.05, 0) is 35.2 Å². The summed E-state index contributed by atoms with van der Waals surface area (Å²) in [6.45, 7) is 0. The molecule has 33 heavy (non-hydrogen) atoms. The molecule has 0 fully saturated rings. The summed E-state index contributed by atoms with van der Waals surface area (Å²) >= 11 is 0. The molecule has 4 rings (SSSR count). The van der Waals surface area contributed by atoms with Crippen molar-refractivity contribution in [2.24, 2.45) is 5.10 Å². The zero-order valence-corrected chi connectivity index (χ0v) is 23.1. The second-order valence-corrected chi connectivity index (χ2v) is 9.32. The van der Waals surface area contributed by atoms with E-state index in [9.17, 15) is 30.7 Å². The fraction of sp³-hybridized carbons (Fsp3) is 0. The maximum absolute atomic E-state index is 12.7. The Labute approximate surface area is 234 Å². The molecule has 0 unspecified atom stereocenters. The number of hydrazone groups is 1. The van der Waals surface area contributed by atoms with E-state index in [2.05, 4.69) is 10.5 Å². The van der Waals surface area contributed by atoms with Crippen molar-refractivity contribution in [3.63, 3.8) is 0 Å². The van der Waals surface area contributed by atoms with E-state index in [-0.39, 0.29) is 70.2 Å². The molecule has 0 bridgehead atoms. The number of benzene rings is 3. The summed E-state index contributed by atoms with van der Waals surface area (Å²) in [5.74, 6) is -1.15. The average Bonchev–Trinajstić information content (AvgIpc) is 2.71. The van der Waals surface area contributed by atoms with E-state index in [0.29, 0.717) is 5.69 Å². The summed E-state index contributed by atoms with van der Waals surface area (Å²) in [6, 6.07) is 15.7. The first-order chi connectivity index (χ1) is 14.6. The Balaban J connectivity index is 0.00000193. The molecular weight excluding hydrogens is 490 g/mol. The quantitative estimate of drug-likeness (QED) is 0.215. The number of fused-ring (bicyclic) bond motifs is 2. The maximum Gasteiger partial charge on any atom is 1.00 e. The molecule has 158 valence electrons. The first-order valence-corrected chi connectivity index (χ1v) is 11.5. The summed E-state index contributed by atoms with van der Waals surface area (Å²) in [6.07, 6.45) is 0.742. The van der Waals surface area contributed by atoms with Crippen LogP contribution in [0.5, 0.6) is 0 Å². The minimum atomic E-state index is -5.19. The zero-order valence-electron chi connectivity index (χ0n) is 17.5. The molecule has 0 aliphatic heterocycles. The summed E-state index contributed by atoms with van der Waals surface area (Å²) in [5, 5.41) is 5.69. The molecule has 3 aromatic rings. The van der Waals surface area contributed by atoms with Gasteiger partial charge < -0.3 is 9.11 Å². The van der Waals surface area contributed by atoms with Gasteiger partial charge in [0.2, 0.25) is 5.78 Å². The molecule has 13 heteroatoms. The fourth-order valence-electron chi connectivity index (χ4n) is 3.21. The van der Waals surface area contributed by atoms with Crippen LogP contribution in [0.25, 0.3) is 16.8 Å². The molecule has 9 nitrogen and oxygen atoms in total. The number of carbonyl (C=O) groups excluding carboxylic acids is 1. The number of ketones is 1. The predicted octanol–water partition coefficient (Wildman–Crippen LogP) is -3.96. The Bertz CT molecular complexity index is 1530. The average molecular weight is 502 g/mol. The maximum atomic E-state index is 12.7. The molecule has 3 aromatic carbocycles. The van der Waals surface area contributed by atoms with Gasteiger partial charge >= 0.3 is 59.1 Å². The number of nitrogens with zero attached hydrogens (tertiary/aromatic N) is 1. The topological polar surface area (TPSA) is 156 Å². The predicted molar refractivity (Wildman–Crippen MR) is 111 cm³/mol. The summed E-state index contributed by atoms with van der Waals surface area (Å²) in [4.78, 5) is 11.0. The minimum Gasteiger partial charge on any atom is -0.744 e. The number of nitrogens with one attached hydrogen (secondary N) is 1. The Kier molecular flexibility index (Phi) is 8.85. The summed E-state index contributed by atoms with van der Waals surface area (Å²) < 4.78 is 68.7. The van der Waals surface area contributed by atoms with Crippen LogP contribution < -0.4 is 64.5 Å². The fourth-order valence-corrected chi connectivity index (χ4v) is 4.31. The standard InChI is InChI=1S/C20H14N2O7S2.2Na/c23-20-18(31(27,28)29)11-13-10-14(30(24,25)26)8-9-16(13)19(20)22-21-17-7-3-5-12-4-1-2-6-15(12)17;;/h1-11,21H,(H,24,25,26)(H,27,28,29);;/q;2*+1/p-2/b22-19-;;. The van der Waals surface area contributed by atoms with E-state index in [0.717, 1.165) is 35.0 Å². The molecule has 0 aromatic heterocycles. The monoisotopic (exact) mass is 502 g/mol. The second kappa shape index (κ2) is 10.5. The number of Topliss-reactive ketones (excluding diaryl/α,β-unsaturated/α-hetero) is 1. The van der Waals surface area contributed by atoms with Crippen molar-refractivity contribution >= 4 is 54.3 Å². The van der Waals surface area contributed by atoms with Crippen LogP contribution >= 0.6 is 0 Å². The Hall–Kier alpha value is -1.38. The van der Waals surface area contributed by atoms with Crippen molar-refractivity contribution in [2.75, 3.05) is 5.43 Å². The van der Waals surface area contributed by atoms with E-state index in [1.807, 2.05) is 24.3 Å². The van der Waals surface area contributed by atoms with E-state index < -0.39 is 41.5 Å². The van der Waals surface area contributed by atoms with Gasteiger partial charge in [-0.15, -0.1) is 0 Å². The smallest absolute Gasteiger partial charge is 0.744 e. The summed E-state index contributed by atoms with van der Waals surface area (Å²) in [5.41, 5.74) is 2.77. The van der Waals surface area contributed by atoms with Crippen LogP contribution in [0, 0.1) is 0 Å². The Morgan fingerprint density at radius 1 is 0.818 bits per heavy atom. The number of carbonyl (C=O) groups is 1. The van der Waals surface area contributed by atoms with E-state index >= 15 is 0 Å². The number of anilines is 1. The van der Waals surface area contributed by atoms with Crippen molar-refractivity contribution in [1.82, 2.24) is 0 Å². The molecule has 0 spiro atoms. The second-order valence-electron chi connectivity index (χ2n) is 6.59. The first kappa shape index (κ1) is 27.9. The van der Waals surface area contributed by atoms with Gasteiger partial charge in [0.1, 0.15) is 30.9 Å². The minimum absolute atomic E-state index is 0. The zero-order chi connectivity index (χ0) is 22.4. The van der Waals surface area contributed by atoms with Gasteiger partial charge in [-0.3, -0.25) is 10.2 Å². The molecule has 1 aliphatic rings. The van der Waals surface area contributed by atoms with Crippen LogP contribution in [0.1, 0.15) is 11.1 Å². The van der Waals surface area contributed by atoms with Gasteiger partial charge in [0.05, 0.1) is 10.6 Å². The van der Waals surface area contributed by atoms with Crippen LogP contribution in [0.2, 0.25) is 0 Å². The largest absolute Gasteiger partial charge is 1.00 e. The molecular formula is C20H12N2Na2O7S2. The van der Waals surface area contributed by atoms with Gasteiger partial charge in [0.25, 0.3) is 0 Å². The third-order valence-corrected chi connectivity index (χ3v) is 6.31. The van der Waals surface area contributed by atoms with Crippen molar-refractivity contribution in [2.45, 2.75) is 4.90 Å². The molecule has 0 heterocycles. The van der Waals surface area contributed by atoms with Crippen molar-refractivity contribution in [3.05, 3.63) is 76.7 Å². The first-order valence-electron chi connectivity index (χ1n) is 8.70. The molecule has 0 radical (unpaired) electrons. The van der Waals surface area contributed by atoms with Crippen LogP contribution in [0.3, 0.4) is 0 Å². The van der Waals surface area contributed by atoms with Crippen molar-refractivity contribution in [1.29, 1.82) is 0 Å². The van der Waals surface area contributed by atoms with E-state index in [1.54, 1.807) is 18.2 Å². The summed E-state index contributed by atoms with van der Waals surface area (Å²) in [7, 11) is -10.0. The Morgan fingerprint density at radius 3 is 2.15 bits per heavy atom. The third-order valence-electron chi connectivity index (χ3n) is 4.64. The van der Waals surface area contributed by atoms with Crippen molar-refractivity contribution in [3.8, 4) is 0 Å². The molecule has 0 saturated carbocycles. The molecule has 0 atom stereocenters. The van der Waals surface area contributed by atoms with Crippen LogP contribution in [0.15, 0.2) is 75.6 Å². The molecule has 1 aliphatic carbocycles. The molecule has 0 saturated heterocycles.